The first-order valence-electron chi connectivity index (χ1n) is 11.6. The highest BCUT2D eigenvalue weighted by molar-refractivity contribution is 5.74. The Hall–Kier alpha value is -2.10. The van der Waals surface area contributed by atoms with E-state index in [-0.39, 0.29) is 77.7 Å². The van der Waals surface area contributed by atoms with Crippen LogP contribution in [0.25, 0.3) is 11.0 Å². The number of benzene rings is 1. The summed E-state index contributed by atoms with van der Waals surface area (Å²) >= 11 is 0. The number of hydrogen-bond donors (Lipinski definition) is 2. The number of nitrogens with one attached hydrogen (secondary N) is 2. The number of hydrogen-bond acceptors (Lipinski definition) is 2. The van der Waals surface area contributed by atoms with Crippen LogP contribution < -0.4 is 0 Å². The van der Waals surface area contributed by atoms with Gasteiger partial charge in [-0.25, -0.2) is 9.97 Å². The first kappa shape index (κ1) is 66.9. The number of imidazole rings is 2. The number of para-hydroxylation sites is 2. The van der Waals surface area contributed by atoms with Gasteiger partial charge in [0.2, 0.25) is 0 Å². The Bertz CT molecular complexity index is 819. The van der Waals surface area contributed by atoms with Crippen LogP contribution in [0.5, 0.6) is 0 Å². The molecule has 2 heterocycles. The van der Waals surface area contributed by atoms with Crippen LogP contribution in [0, 0.1) is 10.8 Å². The van der Waals surface area contributed by atoms with Crippen molar-refractivity contribution in [2.24, 2.45) is 10.8 Å². The van der Waals surface area contributed by atoms with Gasteiger partial charge >= 0.3 is 0 Å². The molecule has 0 saturated heterocycles. The van der Waals surface area contributed by atoms with Gasteiger partial charge in [0, 0.05) is 23.2 Å². The van der Waals surface area contributed by atoms with Crippen LogP contribution in [0.3, 0.4) is 0 Å². The van der Waals surface area contributed by atoms with E-state index >= 15 is 0 Å². The predicted molar refractivity (Wildman–Crippen MR) is 203 cm³/mol. The molecule has 0 amide bonds. The molecule has 254 valence electrons. The zero-order chi connectivity index (χ0) is 25.4. The van der Waals surface area contributed by atoms with Gasteiger partial charge in [-0.05, 0) is 23.0 Å². The summed E-state index contributed by atoms with van der Waals surface area (Å²) in [6.45, 7) is 30.4. The first-order chi connectivity index (χ1) is 14.2. The summed E-state index contributed by atoms with van der Waals surface area (Å²) in [6, 6.07) is 8.11. The van der Waals surface area contributed by atoms with Crippen molar-refractivity contribution in [3.63, 3.8) is 0 Å². The third kappa shape index (κ3) is 37.9. The summed E-state index contributed by atoms with van der Waals surface area (Å²) in [7, 11) is 0. The zero-order valence-corrected chi connectivity index (χ0v) is 23.4. The summed E-state index contributed by atoms with van der Waals surface area (Å²) in [4.78, 5) is 15.1. The molecule has 1 aromatic carbocycles. The van der Waals surface area contributed by atoms with Gasteiger partial charge < -0.3 is 9.97 Å². The average molecular weight is 587 g/mol. The van der Waals surface area contributed by atoms with Crippen LogP contribution in [0.2, 0.25) is 0 Å². The van der Waals surface area contributed by atoms with Gasteiger partial charge in [0.25, 0.3) is 0 Å². The molecule has 2 N–H and O–H groups in total. The molecular formula is C37H86N4. The van der Waals surface area contributed by atoms with Crippen LogP contribution in [-0.2, 0) is 10.8 Å². The predicted octanol–water partition coefficient (Wildman–Crippen LogP) is 14.4. The van der Waals surface area contributed by atoms with E-state index in [0.717, 1.165) is 22.7 Å². The van der Waals surface area contributed by atoms with E-state index in [1.807, 2.05) is 24.4 Å². The second kappa shape index (κ2) is 26.8. The fourth-order valence-corrected chi connectivity index (χ4v) is 1.98. The van der Waals surface area contributed by atoms with Crippen molar-refractivity contribution in [1.82, 2.24) is 19.9 Å². The Morgan fingerprint density at radius 3 is 1.10 bits per heavy atom. The van der Waals surface area contributed by atoms with Gasteiger partial charge in [0.05, 0.1) is 11.0 Å². The molecule has 0 unspecified atom stereocenters. The second-order valence-electron chi connectivity index (χ2n) is 13.5. The van der Waals surface area contributed by atoms with Crippen LogP contribution in [0.15, 0.2) is 36.7 Å². The van der Waals surface area contributed by atoms with Crippen molar-refractivity contribution in [2.75, 3.05) is 0 Å². The number of fused-ring (bicyclic) bond motifs is 1. The van der Waals surface area contributed by atoms with Gasteiger partial charge in [-0.1, -0.05) is 176 Å². The maximum atomic E-state index is 4.53. The van der Waals surface area contributed by atoms with Crippen molar-refractivity contribution < 1.29 is 0 Å². The summed E-state index contributed by atoms with van der Waals surface area (Å²) in [6.07, 6.45) is 3.63. The molecule has 0 atom stereocenters. The lowest BCUT2D eigenvalue weighted by Gasteiger charge is -2.13. The van der Waals surface area contributed by atoms with Crippen LogP contribution in [-0.4, -0.2) is 19.9 Å². The van der Waals surface area contributed by atoms with E-state index in [1.54, 1.807) is 6.20 Å². The van der Waals surface area contributed by atoms with Crippen LogP contribution in [0.1, 0.15) is 175 Å². The minimum Gasteiger partial charge on any atom is -0.348 e. The van der Waals surface area contributed by atoms with E-state index in [0.29, 0.717) is 10.8 Å². The molecule has 0 radical (unpaired) electrons. The highest BCUT2D eigenvalue weighted by atomic mass is 14.9. The van der Waals surface area contributed by atoms with E-state index in [9.17, 15) is 0 Å². The second-order valence-corrected chi connectivity index (χ2v) is 13.5. The van der Waals surface area contributed by atoms with Crippen molar-refractivity contribution in [3.05, 3.63) is 48.3 Å². The molecule has 3 rings (SSSR count). The minimum absolute atomic E-state index is 0. The van der Waals surface area contributed by atoms with Gasteiger partial charge in [-0.3, -0.25) is 0 Å². The molecule has 0 spiro atoms. The fraction of sp³-hybridized carbons (Fsp3) is 0.730. The molecular weight excluding hydrogens is 500 g/mol. The van der Waals surface area contributed by atoms with Gasteiger partial charge in [-0.15, -0.1) is 0 Å². The highest BCUT2D eigenvalue weighted by Gasteiger charge is 2.17. The molecule has 4 nitrogen and oxygen atoms in total. The van der Waals surface area contributed by atoms with Crippen LogP contribution in [0.4, 0.5) is 0 Å². The van der Waals surface area contributed by atoms with Crippen molar-refractivity contribution in [3.8, 4) is 0 Å². The largest absolute Gasteiger partial charge is 0.348 e. The Balaban J connectivity index is -0.0000000389. The van der Waals surface area contributed by atoms with E-state index < -0.39 is 0 Å². The number of nitrogens with zero attached hydrogens (tertiary/aromatic N) is 2. The van der Waals surface area contributed by atoms with Gasteiger partial charge in [-0.2, -0.15) is 0 Å². The topological polar surface area (TPSA) is 57.4 Å². The Kier molecular flexibility index (Phi) is 43.7. The molecule has 0 aliphatic carbocycles. The lowest BCUT2D eigenvalue weighted by atomic mass is 9.96. The molecule has 0 fully saturated rings. The number of H-pyrrole nitrogens is 2. The normalized spacial score (nSPS) is 9.41. The summed E-state index contributed by atoms with van der Waals surface area (Å²) in [5.74, 6) is 2.09. The monoisotopic (exact) mass is 587 g/mol. The van der Waals surface area contributed by atoms with E-state index in [2.05, 4.69) is 123 Å². The SMILES string of the molecule is C.C.C.C.C.C.C.C.C.CC(C)(C)C.CC(C)(C)C.CC(C)(C)c1nc2ccccc2[nH]1.CC(C)(C)c1ncc[nH]1. The Labute approximate surface area is 264 Å². The van der Waals surface area contributed by atoms with Crippen molar-refractivity contribution in [1.29, 1.82) is 0 Å². The van der Waals surface area contributed by atoms with Crippen molar-refractivity contribution >= 4 is 11.0 Å². The summed E-state index contributed by atoms with van der Waals surface area (Å²) < 4.78 is 0. The Morgan fingerprint density at radius 1 is 0.512 bits per heavy atom. The Morgan fingerprint density at radius 2 is 0.854 bits per heavy atom. The molecule has 4 heteroatoms. The first-order valence-corrected chi connectivity index (χ1v) is 11.6. The third-order valence-electron chi connectivity index (χ3n) is 3.31. The molecule has 0 aliphatic rings. The van der Waals surface area contributed by atoms with Crippen LogP contribution >= 0.6 is 0 Å². The maximum absolute atomic E-state index is 4.53. The number of rotatable bonds is 0. The highest BCUT2D eigenvalue weighted by Crippen LogP contribution is 2.21. The van der Waals surface area contributed by atoms with E-state index in [1.165, 1.54) is 0 Å². The summed E-state index contributed by atoms with van der Waals surface area (Å²) in [5, 5.41) is 0. The molecule has 3 aromatic rings. The zero-order valence-electron chi connectivity index (χ0n) is 23.4. The maximum Gasteiger partial charge on any atom is 0.112 e. The standard InChI is InChI=1S/C11H14N2.C7H12N2.2C5H12.9CH4/c1-11(2,3)10-12-8-6-4-5-7-9(8)13-10;1-7(2,3)6-8-4-5-9-6;2*1-5(2,3)4;;;;;;;;;/h4-7H,1-3H3,(H,12,13);4-5H,1-3H3,(H,8,9);2*1-4H3;9*1H4. The molecule has 0 aliphatic heterocycles. The van der Waals surface area contributed by atoms with Crippen molar-refractivity contribution in [2.45, 2.75) is 175 Å². The molecule has 0 saturated carbocycles. The molecule has 0 bridgehead atoms. The minimum atomic E-state index is 0. The smallest absolute Gasteiger partial charge is 0.112 e. The number of aromatic nitrogens is 4. The number of aromatic amines is 2. The average Bonchev–Trinajstić information content (AvgIpc) is 3.21. The third-order valence-corrected chi connectivity index (χ3v) is 3.31. The quantitative estimate of drug-likeness (QED) is 0.275. The van der Waals surface area contributed by atoms with Gasteiger partial charge in [0.1, 0.15) is 11.6 Å². The van der Waals surface area contributed by atoms with E-state index in [4.69, 9.17) is 0 Å². The van der Waals surface area contributed by atoms with Gasteiger partial charge in [0.15, 0.2) is 0 Å². The fourth-order valence-electron chi connectivity index (χ4n) is 1.98. The summed E-state index contributed by atoms with van der Waals surface area (Å²) in [5.41, 5.74) is 3.42. The lowest BCUT2D eigenvalue weighted by Crippen LogP contribution is -2.12. The molecule has 2 aromatic heterocycles. The lowest BCUT2D eigenvalue weighted by molar-refractivity contribution is 0.469. The molecule has 41 heavy (non-hydrogen) atoms.